The minimum atomic E-state index is -0.264. The Bertz CT molecular complexity index is 628. The van der Waals surface area contributed by atoms with E-state index >= 15 is 0 Å². The number of ether oxygens (including phenoxy) is 2. The fourth-order valence-electron chi connectivity index (χ4n) is 1.89. The topological polar surface area (TPSA) is 52.6 Å². The van der Waals surface area contributed by atoms with Crippen molar-refractivity contribution >= 4 is 23.7 Å². The molecule has 0 saturated carbocycles. The van der Waals surface area contributed by atoms with Gasteiger partial charge in [0.2, 0.25) is 0 Å². The highest BCUT2D eigenvalue weighted by Crippen LogP contribution is 2.11. The first-order chi connectivity index (χ1) is 11.7. The van der Waals surface area contributed by atoms with E-state index in [9.17, 15) is 9.59 Å². The van der Waals surface area contributed by atoms with Gasteiger partial charge in [0.05, 0.1) is 12.8 Å². The standard InChI is InChI=1S/C19H20O4S/c20-18(22-15-16-7-3-1-4-8-16)11-13-24-14-12-19(21)23-17-9-5-2-6-10-17/h1-10H,11-15H2. The number of hydrogen-bond acceptors (Lipinski definition) is 5. The molecule has 4 nitrogen and oxygen atoms in total. The van der Waals surface area contributed by atoms with E-state index in [0.29, 0.717) is 36.7 Å². The molecule has 0 amide bonds. The predicted molar refractivity (Wildman–Crippen MR) is 94.9 cm³/mol. The van der Waals surface area contributed by atoms with Crippen LogP contribution in [0.4, 0.5) is 0 Å². The Labute approximate surface area is 146 Å². The minimum absolute atomic E-state index is 0.224. The van der Waals surface area contributed by atoms with E-state index in [1.807, 2.05) is 48.5 Å². The summed E-state index contributed by atoms with van der Waals surface area (Å²) in [5.41, 5.74) is 0.974. The molecule has 24 heavy (non-hydrogen) atoms. The summed E-state index contributed by atoms with van der Waals surface area (Å²) < 4.78 is 10.4. The van der Waals surface area contributed by atoms with Gasteiger partial charge in [0.25, 0.3) is 0 Å². The average Bonchev–Trinajstić information content (AvgIpc) is 2.61. The lowest BCUT2D eigenvalue weighted by atomic mass is 10.2. The number of carbonyl (C=O) groups is 2. The number of rotatable bonds is 9. The Kier molecular flexibility index (Phi) is 7.90. The van der Waals surface area contributed by atoms with Crippen LogP contribution < -0.4 is 4.74 Å². The quantitative estimate of drug-likeness (QED) is 0.393. The van der Waals surface area contributed by atoms with Crippen molar-refractivity contribution in [3.8, 4) is 5.75 Å². The van der Waals surface area contributed by atoms with Crippen LogP contribution in [-0.2, 0) is 20.9 Å². The highest BCUT2D eigenvalue weighted by molar-refractivity contribution is 7.99. The second-order valence-corrected chi connectivity index (χ2v) is 6.27. The number of hydrogen-bond donors (Lipinski definition) is 0. The van der Waals surface area contributed by atoms with E-state index in [1.165, 1.54) is 0 Å². The van der Waals surface area contributed by atoms with Gasteiger partial charge in [0.1, 0.15) is 12.4 Å². The summed E-state index contributed by atoms with van der Waals surface area (Å²) in [5, 5.41) is 0. The van der Waals surface area contributed by atoms with Crippen molar-refractivity contribution in [3.63, 3.8) is 0 Å². The number of esters is 2. The van der Waals surface area contributed by atoms with Crippen LogP contribution >= 0.6 is 11.8 Å². The van der Waals surface area contributed by atoms with Crippen LogP contribution in [0.25, 0.3) is 0 Å². The van der Waals surface area contributed by atoms with Gasteiger partial charge in [-0.1, -0.05) is 48.5 Å². The molecule has 0 aliphatic rings. The van der Waals surface area contributed by atoms with E-state index < -0.39 is 0 Å². The lowest BCUT2D eigenvalue weighted by Crippen LogP contribution is -2.09. The molecule has 126 valence electrons. The fourth-order valence-corrected chi connectivity index (χ4v) is 2.72. The van der Waals surface area contributed by atoms with Gasteiger partial charge in [-0.05, 0) is 17.7 Å². The molecule has 0 aromatic heterocycles. The van der Waals surface area contributed by atoms with Gasteiger partial charge in [-0.25, -0.2) is 0 Å². The molecule has 0 aliphatic carbocycles. The first-order valence-electron chi connectivity index (χ1n) is 7.77. The van der Waals surface area contributed by atoms with E-state index in [1.54, 1.807) is 23.9 Å². The summed E-state index contributed by atoms with van der Waals surface area (Å²) in [4.78, 5) is 23.3. The lowest BCUT2D eigenvalue weighted by Gasteiger charge is -2.05. The number of thioether (sulfide) groups is 1. The third kappa shape index (κ3) is 7.33. The van der Waals surface area contributed by atoms with Crippen LogP contribution in [-0.4, -0.2) is 23.4 Å². The predicted octanol–water partition coefficient (Wildman–Crippen LogP) is 3.85. The zero-order valence-corrected chi connectivity index (χ0v) is 14.2. The Balaban J connectivity index is 1.51. The maximum atomic E-state index is 11.6. The van der Waals surface area contributed by atoms with Crippen LogP contribution in [0.15, 0.2) is 60.7 Å². The summed E-state index contributed by atoms with van der Waals surface area (Å²) in [5.74, 6) is 1.32. The molecule has 2 rings (SSSR count). The van der Waals surface area contributed by atoms with E-state index in [4.69, 9.17) is 9.47 Å². The molecule has 0 bridgehead atoms. The number of carbonyl (C=O) groups excluding carboxylic acids is 2. The maximum Gasteiger partial charge on any atom is 0.312 e. The molecule has 0 saturated heterocycles. The highest BCUT2D eigenvalue weighted by Gasteiger charge is 2.06. The van der Waals surface area contributed by atoms with Gasteiger partial charge in [-0.3, -0.25) is 9.59 Å². The van der Waals surface area contributed by atoms with E-state index in [0.717, 1.165) is 5.56 Å². The first kappa shape index (κ1) is 18.1. The average molecular weight is 344 g/mol. The SMILES string of the molecule is O=C(CCSCCC(=O)Oc1ccccc1)OCc1ccccc1. The van der Waals surface area contributed by atoms with Crippen LogP contribution in [0.5, 0.6) is 5.75 Å². The second kappa shape index (κ2) is 10.5. The van der Waals surface area contributed by atoms with Gasteiger partial charge in [-0.2, -0.15) is 11.8 Å². The van der Waals surface area contributed by atoms with Gasteiger partial charge in [-0.15, -0.1) is 0 Å². The molecule has 0 atom stereocenters. The zero-order valence-electron chi connectivity index (χ0n) is 13.4. The Hall–Kier alpha value is -2.27. The Morgan fingerprint density at radius 3 is 2.04 bits per heavy atom. The normalized spacial score (nSPS) is 10.2. The van der Waals surface area contributed by atoms with Crippen LogP contribution in [0.1, 0.15) is 18.4 Å². The Morgan fingerprint density at radius 1 is 0.792 bits per heavy atom. The minimum Gasteiger partial charge on any atom is -0.461 e. The largest absolute Gasteiger partial charge is 0.461 e. The summed E-state index contributed by atoms with van der Waals surface area (Å²) in [7, 11) is 0. The smallest absolute Gasteiger partial charge is 0.312 e. The highest BCUT2D eigenvalue weighted by atomic mass is 32.2. The van der Waals surface area contributed by atoms with Gasteiger partial charge < -0.3 is 9.47 Å². The molecular weight excluding hydrogens is 324 g/mol. The molecule has 0 fully saturated rings. The van der Waals surface area contributed by atoms with Crippen molar-refractivity contribution in [3.05, 3.63) is 66.2 Å². The van der Waals surface area contributed by atoms with Gasteiger partial charge in [0.15, 0.2) is 0 Å². The molecule has 0 heterocycles. The first-order valence-corrected chi connectivity index (χ1v) is 8.92. The number of benzene rings is 2. The molecular formula is C19H20O4S. The van der Waals surface area contributed by atoms with Crippen molar-refractivity contribution in [1.29, 1.82) is 0 Å². The molecule has 0 unspecified atom stereocenters. The third-order valence-electron chi connectivity index (χ3n) is 3.12. The van der Waals surface area contributed by atoms with Gasteiger partial charge >= 0.3 is 11.9 Å². The van der Waals surface area contributed by atoms with Crippen molar-refractivity contribution in [1.82, 2.24) is 0 Å². The summed E-state index contributed by atoms with van der Waals surface area (Å²) in [6.45, 7) is 0.299. The lowest BCUT2D eigenvalue weighted by molar-refractivity contribution is -0.144. The fraction of sp³-hybridized carbons (Fsp3) is 0.263. The third-order valence-corrected chi connectivity index (χ3v) is 4.10. The van der Waals surface area contributed by atoms with Crippen LogP contribution in [0.3, 0.4) is 0 Å². The maximum absolute atomic E-state index is 11.6. The molecule has 0 spiro atoms. The number of para-hydroxylation sites is 1. The van der Waals surface area contributed by atoms with Crippen molar-refractivity contribution in [2.24, 2.45) is 0 Å². The van der Waals surface area contributed by atoms with Crippen LogP contribution in [0.2, 0.25) is 0 Å². The molecule has 2 aromatic rings. The van der Waals surface area contributed by atoms with E-state index in [-0.39, 0.29) is 11.9 Å². The van der Waals surface area contributed by atoms with Crippen molar-refractivity contribution in [2.75, 3.05) is 11.5 Å². The molecule has 0 radical (unpaired) electrons. The summed E-state index contributed by atoms with van der Waals surface area (Å²) in [6.07, 6.45) is 0.657. The monoisotopic (exact) mass is 344 g/mol. The Morgan fingerprint density at radius 2 is 1.38 bits per heavy atom. The van der Waals surface area contributed by atoms with Crippen LogP contribution in [0, 0.1) is 0 Å². The van der Waals surface area contributed by atoms with E-state index in [2.05, 4.69) is 0 Å². The summed E-state index contributed by atoms with van der Waals surface area (Å²) >= 11 is 1.54. The van der Waals surface area contributed by atoms with Gasteiger partial charge in [0, 0.05) is 11.5 Å². The molecule has 0 aliphatic heterocycles. The molecule has 0 N–H and O–H groups in total. The summed E-state index contributed by atoms with van der Waals surface area (Å²) in [6, 6.07) is 18.6. The zero-order chi connectivity index (χ0) is 17.0. The van der Waals surface area contributed by atoms with Crippen molar-refractivity contribution in [2.45, 2.75) is 19.4 Å². The second-order valence-electron chi connectivity index (χ2n) is 5.05. The van der Waals surface area contributed by atoms with Crippen molar-refractivity contribution < 1.29 is 19.1 Å². The molecule has 5 heteroatoms. The molecule has 2 aromatic carbocycles.